The summed E-state index contributed by atoms with van der Waals surface area (Å²) in [6.07, 6.45) is -0.748. The largest absolute Gasteiger partial charge is 0.464 e. The number of sulfonamides is 1. The molecular weight excluding hydrogens is 443 g/mol. The van der Waals surface area contributed by atoms with Crippen molar-refractivity contribution < 1.29 is 22.7 Å². The Bertz CT molecular complexity index is 1140. The lowest BCUT2D eigenvalue weighted by Gasteiger charge is -2.19. The first-order valence-electron chi connectivity index (χ1n) is 8.04. The van der Waals surface area contributed by atoms with Gasteiger partial charge in [0.1, 0.15) is 16.5 Å². The summed E-state index contributed by atoms with van der Waals surface area (Å²) in [7, 11) is -4.51. The molecule has 0 unspecified atom stereocenters. The van der Waals surface area contributed by atoms with E-state index in [1.54, 1.807) is 25.1 Å². The molecule has 1 atom stereocenters. The number of hydrogen-bond donors (Lipinski definition) is 2. The number of nitrogens with zero attached hydrogens (tertiary/aromatic N) is 3. The Morgan fingerprint density at radius 3 is 2.66 bits per heavy atom. The molecule has 0 aliphatic rings. The summed E-state index contributed by atoms with van der Waals surface area (Å²) in [6, 6.07) is 6.72. The van der Waals surface area contributed by atoms with Crippen LogP contribution < -0.4 is 9.62 Å². The summed E-state index contributed by atoms with van der Waals surface area (Å²) in [5, 5.41) is 13.5. The van der Waals surface area contributed by atoms with Gasteiger partial charge in [-0.25, -0.2) is 27.6 Å². The van der Waals surface area contributed by atoms with E-state index in [4.69, 9.17) is 11.6 Å². The SMILES string of the molecule is C[C@H](Nc1ncc(S(=O)(=O)N(C(=O)O)c2cscn2)cc1Cl)c1ccccc1F. The number of benzene rings is 1. The molecule has 12 heteroatoms. The molecule has 152 valence electrons. The zero-order valence-corrected chi connectivity index (χ0v) is 17.2. The van der Waals surface area contributed by atoms with Gasteiger partial charge in [-0.05, 0) is 19.1 Å². The number of nitrogens with one attached hydrogen (secondary N) is 1. The van der Waals surface area contributed by atoms with E-state index < -0.39 is 32.9 Å². The van der Waals surface area contributed by atoms with Gasteiger partial charge in [-0.1, -0.05) is 29.8 Å². The molecule has 29 heavy (non-hydrogen) atoms. The molecule has 0 radical (unpaired) electrons. The maximum atomic E-state index is 13.9. The van der Waals surface area contributed by atoms with Crippen molar-refractivity contribution in [3.05, 3.63) is 63.8 Å². The van der Waals surface area contributed by atoms with E-state index in [1.165, 1.54) is 17.0 Å². The lowest BCUT2D eigenvalue weighted by Crippen LogP contribution is -2.36. The third-order valence-corrected chi connectivity index (χ3v) is 6.39. The van der Waals surface area contributed by atoms with E-state index in [1.807, 2.05) is 0 Å². The molecule has 3 rings (SSSR count). The number of amides is 1. The minimum Gasteiger partial charge on any atom is -0.464 e. The number of rotatable bonds is 6. The molecule has 2 aromatic heterocycles. The van der Waals surface area contributed by atoms with Gasteiger partial charge < -0.3 is 10.4 Å². The fraction of sp³-hybridized carbons (Fsp3) is 0.118. The average Bonchev–Trinajstić information content (AvgIpc) is 3.17. The molecule has 2 heterocycles. The molecule has 1 amide bonds. The maximum Gasteiger partial charge on any atom is 0.427 e. The fourth-order valence-corrected chi connectivity index (χ4v) is 4.60. The molecular formula is C17H14ClFN4O4S2. The van der Waals surface area contributed by atoms with Crippen LogP contribution in [0.15, 0.2) is 52.3 Å². The van der Waals surface area contributed by atoms with Crippen LogP contribution in [0.3, 0.4) is 0 Å². The first-order chi connectivity index (χ1) is 13.7. The Morgan fingerprint density at radius 2 is 2.07 bits per heavy atom. The zero-order valence-electron chi connectivity index (χ0n) is 14.8. The van der Waals surface area contributed by atoms with E-state index in [2.05, 4.69) is 15.3 Å². The van der Waals surface area contributed by atoms with Crippen LogP contribution in [0, 0.1) is 5.82 Å². The molecule has 0 saturated heterocycles. The number of hydrogen-bond acceptors (Lipinski definition) is 7. The second-order valence-electron chi connectivity index (χ2n) is 5.79. The highest BCUT2D eigenvalue weighted by atomic mass is 35.5. The van der Waals surface area contributed by atoms with Crippen LogP contribution in [0.1, 0.15) is 18.5 Å². The molecule has 0 aliphatic carbocycles. The Hall–Kier alpha value is -2.76. The number of carbonyl (C=O) groups is 1. The van der Waals surface area contributed by atoms with Gasteiger partial charge in [0.05, 0.1) is 16.6 Å². The number of anilines is 2. The van der Waals surface area contributed by atoms with Gasteiger partial charge in [-0.3, -0.25) is 0 Å². The summed E-state index contributed by atoms with van der Waals surface area (Å²) < 4.78 is 39.6. The van der Waals surface area contributed by atoms with Crippen LogP contribution in [0.2, 0.25) is 5.02 Å². The van der Waals surface area contributed by atoms with Crippen molar-refractivity contribution in [1.82, 2.24) is 9.97 Å². The van der Waals surface area contributed by atoms with Crippen molar-refractivity contribution in [1.29, 1.82) is 0 Å². The van der Waals surface area contributed by atoms with Gasteiger partial charge in [-0.2, -0.15) is 0 Å². The lowest BCUT2D eigenvalue weighted by atomic mass is 10.1. The van der Waals surface area contributed by atoms with E-state index >= 15 is 0 Å². The van der Waals surface area contributed by atoms with E-state index in [9.17, 15) is 22.7 Å². The highest BCUT2D eigenvalue weighted by Gasteiger charge is 2.33. The van der Waals surface area contributed by atoms with Crippen molar-refractivity contribution in [2.45, 2.75) is 17.9 Å². The topological polar surface area (TPSA) is 112 Å². The zero-order chi connectivity index (χ0) is 21.2. The van der Waals surface area contributed by atoms with Crippen molar-refractivity contribution in [3.8, 4) is 0 Å². The van der Waals surface area contributed by atoms with Gasteiger partial charge in [0, 0.05) is 17.1 Å². The average molecular weight is 457 g/mol. The summed E-state index contributed by atoms with van der Waals surface area (Å²) in [5.74, 6) is -0.547. The number of carboxylic acid groups (broad SMARTS) is 1. The highest BCUT2D eigenvalue weighted by molar-refractivity contribution is 7.93. The van der Waals surface area contributed by atoms with E-state index in [0.717, 1.165) is 23.6 Å². The third kappa shape index (κ3) is 4.31. The molecule has 2 N–H and O–H groups in total. The van der Waals surface area contributed by atoms with Gasteiger partial charge in [-0.15, -0.1) is 15.6 Å². The van der Waals surface area contributed by atoms with Crippen LogP contribution in [0.25, 0.3) is 0 Å². The molecule has 0 aliphatic heterocycles. The quantitative estimate of drug-likeness (QED) is 0.566. The monoisotopic (exact) mass is 456 g/mol. The van der Waals surface area contributed by atoms with Crippen molar-refractivity contribution >= 4 is 50.7 Å². The van der Waals surface area contributed by atoms with E-state index in [-0.39, 0.29) is 21.0 Å². The minimum atomic E-state index is -4.51. The first kappa shape index (κ1) is 21.0. The third-order valence-electron chi connectivity index (χ3n) is 3.88. The number of thiazole rings is 1. The van der Waals surface area contributed by atoms with Crippen LogP contribution >= 0.6 is 22.9 Å². The Morgan fingerprint density at radius 1 is 1.34 bits per heavy atom. The molecule has 0 spiro atoms. The highest BCUT2D eigenvalue weighted by Crippen LogP contribution is 2.30. The van der Waals surface area contributed by atoms with Crippen molar-refractivity contribution in [2.75, 3.05) is 9.62 Å². The minimum absolute atomic E-state index is 0.0714. The lowest BCUT2D eigenvalue weighted by molar-refractivity contribution is 0.206. The standard InChI is InChI=1S/C17H14ClFN4O4S2/c1-10(12-4-2-3-5-14(12)19)22-16-13(18)6-11(7-20-16)29(26,27)23(17(24)25)15-8-28-9-21-15/h2-10H,1H3,(H,20,22)(H,24,25)/t10-/m0/s1. The normalized spacial score (nSPS) is 12.4. The van der Waals surface area contributed by atoms with Gasteiger partial charge in [0.15, 0.2) is 5.82 Å². The second kappa shape index (κ2) is 8.31. The Kier molecular flexibility index (Phi) is 6.01. The summed E-state index contributed by atoms with van der Waals surface area (Å²) in [6.45, 7) is 1.69. The number of aromatic nitrogens is 2. The summed E-state index contributed by atoms with van der Waals surface area (Å²) in [4.78, 5) is 18.8. The van der Waals surface area contributed by atoms with Crippen LogP contribution in [-0.2, 0) is 10.0 Å². The fourth-order valence-electron chi connectivity index (χ4n) is 2.51. The van der Waals surface area contributed by atoms with Crippen molar-refractivity contribution in [2.24, 2.45) is 0 Å². The molecule has 0 fully saturated rings. The number of pyridine rings is 1. The van der Waals surface area contributed by atoms with Gasteiger partial charge in [0.2, 0.25) is 0 Å². The second-order valence-corrected chi connectivity index (χ2v) is 8.70. The van der Waals surface area contributed by atoms with Crippen molar-refractivity contribution in [3.63, 3.8) is 0 Å². The van der Waals surface area contributed by atoms with Crippen LogP contribution in [0.5, 0.6) is 0 Å². The predicted octanol–water partition coefficient (Wildman–Crippen LogP) is 4.38. The Balaban J connectivity index is 1.91. The summed E-state index contributed by atoms with van der Waals surface area (Å²) in [5.41, 5.74) is 1.69. The molecule has 3 aromatic rings. The maximum absolute atomic E-state index is 13.9. The van der Waals surface area contributed by atoms with E-state index in [0.29, 0.717) is 5.56 Å². The molecule has 8 nitrogen and oxygen atoms in total. The van der Waals surface area contributed by atoms with Gasteiger partial charge >= 0.3 is 6.09 Å². The predicted molar refractivity (Wildman–Crippen MR) is 107 cm³/mol. The van der Waals surface area contributed by atoms with Crippen LogP contribution in [-0.4, -0.2) is 29.6 Å². The van der Waals surface area contributed by atoms with Crippen LogP contribution in [0.4, 0.5) is 20.8 Å². The molecule has 1 aromatic carbocycles. The number of halogens is 2. The smallest absolute Gasteiger partial charge is 0.427 e. The summed E-state index contributed by atoms with van der Waals surface area (Å²) >= 11 is 7.20. The first-order valence-corrected chi connectivity index (χ1v) is 10.8. The van der Waals surface area contributed by atoms with Gasteiger partial charge in [0.25, 0.3) is 10.0 Å². The molecule has 0 saturated carbocycles. The molecule has 0 bridgehead atoms. The Labute approximate surface area is 174 Å².